The van der Waals surface area contributed by atoms with Gasteiger partial charge in [-0.3, -0.25) is 14.9 Å². The van der Waals surface area contributed by atoms with Crippen molar-refractivity contribution in [2.75, 3.05) is 38.1 Å². The van der Waals surface area contributed by atoms with Crippen LogP contribution in [-0.4, -0.2) is 60.0 Å². The SMILES string of the molecule is CC1CC1C.CCCCC(/C(=N/N)N(C)N)N1CCN(c2c(Cl)cncc2Cl)CC1. The summed E-state index contributed by atoms with van der Waals surface area (Å²) in [5.41, 5.74) is 0.853. The van der Waals surface area contributed by atoms with Crippen molar-refractivity contribution < 1.29 is 0 Å². The van der Waals surface area contributed by atoms with Crippen LogP contribution in [-0.2, 0) is 0 Å². The molecule has 0 radical (unpaired) electrons. The molecule has 1 aliphatic carbocycles. The molecule has 170 valence electrons. The van der Waals surface area contributed by atoms with Crippen molar-refractivity contribution in [3.8, 4) is 0 Å². The van der Waals surface area contributed by atoms with E-state index in [1.807, 2.05) is 0 Å². The number of halogens is 2. The fourth-order valence-electron chi connectivity index (χ4n) is 3.76. The van der Waals surface area contributed by atoms with Gasteiger partial charge in [-0.2, -0.15) is 5.10 Å². The Balaban J connectivity index is 0.000000558. The number of hydrazine groups is 1. The number of hydrazone groups is 1. The summed E-state index contributed by atoms with van der Waals surface area (Å²) >= 11 is 12.6. The number of hydrogen-bond acceptors (Lipinski definition) is 6. The van der Waals surface area contributed by atoms with E-state index in [0.29, 0.717) is 15.9 Å². The average Bonchev–Trinajstić information content (AvgIpc) is 3.37. The second-order valence-electron chi connectivity index (χ2n) is 8.42. The van der Waals surface area contributed by atoms with Crippen LogP contribution in [0.25, 0.3) is 0 Å². The highest BCUT2D eigenvalue weighted by Crippen LogP contribution is 2.36. The molecule has 0 aromatic carbocycles. The first-order valence-corrected chi connectivity index (χ1v) is 11.6. The largest absolute Gasteiger partial charge is 0.366 e. The first kappa shape index (κ1) is 25.0. The van der Waals surface area contributed by atoms with Gasteiger partial charge in [-0.1, -0.05) is 56.8 Å². The van der Waals surface area contributed by atoms with Crippen LogP contribution in [0.15, 0.2) is 17.5 Å². The zero-order chi connectivity index (χ0) is 22.3. The van der Waals surface area contributed by atoms with E-state index in [9.17, 15) is 0 Å². The number of unbranched alkanes of at least 4 members (excludes halogenated alkanes) is 1. The summed E-state index contributed by atoms with van der Waals surface area (Å²) < 4.78 is 0. The average molecular weight is 458 g/mol. The molecule has 3 atom stereocenters. The number of likely N-dealkylation sites (N-methyl/N-ethyl adjacent to an activating group) is 1. The van der Waals surface area contributed by atoms with Crippen molar-refractivity contribution in [2.45, 2.75) is 52.5 Å². The summed E-state index contributed by atoms with van der Waals surface area (Å²) in [6.45, 7) is 10.1. The fraction of sp³-hybridized carbons (Fsp3) is 0.714. The summed E-state index contributed by atoms with van der Waals surface area (Å²) in [5, 5.41) is 6.61. The topological polar surface area (TPSA) is 87.0 Å². The molecule has 2 aliphatic rings. The molecule has 0 spiro atoms. The number of aromatic nitrogens is 1. The van der Waals surface area contributed by atoms with Crippen molar-refractivity contribution in [2.24, 2.45) is 28.6 Å². The minimum Gasteiger partial charge on any atom is -0.366 e. The van der Waals surface area contributed by atoms with E-state index in [1.54, 1.807) is 19.4 Å². The maximum atomic E-state index is 6.28. The van der Waals surface area contributed by atoms with E-state index in [2.05, 4.69) is 40.7 Å². The predicted octanol–water partition coefficient (Wildman–Crippen LogP) is 3.81. The molecule has 7 nitrogen and oxygen atoms in total. The van der Waals surface area contributed by atoms with E-state index in [1.165, 1.54) is 11.4 Å². The quantitative estimate of drug-likeness (QED) is 0.292. The minimum absolute atomic E-state index is 0.116. The third-order valence-electron chi connectivity index (χ3n) is 6.03. The Kier molecular flexibility index (Phi) is 9.94. The normalized spacial score (nSPS) is 22.9. The lowest BCUT2D eigenvalue weighted by atomic mass is 10.1. The van der Waals surface area contributed by atoms with E-state index in [-0.39, 0.29) is 6.04 Å². The van der Waals surface area contributed by atoms with E-state index in [4.69, 9.17) is 34.9 Å². The van der Waals surface area contributed by atoms with Gasteiger partial charge in [0.25, 0.3) is 0 Å². The number of nitrogens with two attached hydrogens (primary N) is 2. The van der Waals surface area contributed by atoms with Crippen molar-refractivity contribution in [1.29, 1.82) is 0 Å². The van der Waals surface area contributed by atoms with Crippen LogP contribution >= 0.6 is 23.2 Å². The maximum absolute atomic E-state index is 6.28. The highest BCUT2D eigenvalue weighted by molar-refractivity contribution is 6.38. The Labute approximate surface area is 191 Å². The summed E-state index contributed by atoms with van der Waals surface area (Å²) in [7, 11) is 1.78. The van der Waals surface area contributed by atoms with Gasteiger partial charge in [-0.25, -0.2) is 5.84 Å². The Morgan fingerprint density at radius 3 is 2.13 bits per heavy atom. The van der Waals surface area contributed by atoms with Crippen molar-refractivity contribution in [3.63, 3.8) is 0 Å². The molecule has 30 heavy (non-hydrogen) atoms. The molecule has 2 heterocycles. The number of anilines is 1. The molecule has 3 rings (SSSR count). The summed E-state index contributed by atoms with van der Waals surface area (Å²) in [4.78, 5) is 8.60. The Morgan fingerprint density at radius 2 is 1.73 bits per heavy atom. The van der Waals surface area contributed by atoms with Gasteiger partial charge in [-0.05, 0) is 24.7 Å². The first-order valence-electron chi connectivity index (χ1n) is 10.8. The van der Waals surface area contributed by atoms with E-state index < -0.39 is 0 Å². The van der Waals surface area contributed by atoms with Gasteiger partial charge < -0.3 is 10.7 Å². The third-order valence-corrected chi connectivity index (χ3v) is 6.59. The third kappa shape index (κ3) is 6.87. The molecule has 1 aromatic rings. The summed E-state index contributed by atoms with van der Waals surface area (Å²) in [6.07, 6.45) is 7.92. The van der Waals surface area contributed by atoms with Crippen molar-refractivity contribution in [3.05, 3.63) is 22.4 Å². The van der Waals surface area contributed by atoms with Gasteiger partial charge in [0.2, 0.25) is 0 Å². The smallest absolute Gasteiger partial charge is 0.155 e. The first-order chi connectivity index (χ1) is 14.3. The van der Waals surface area contributed by atoms with E-state index >= 15 is 0 Å². The number of nitrogens with zero attached hydrogens (tertiary/aromatic N) is 5. The molecule has 1 aliphatic heterocycles. The number of piperazine rings is 1. The van der Waals surface area contributed by atoms with Gasteiger partial charge in [0.15, 0.2) is 5.84 Å². The highest BCUT2D eigenvalue weighted by atomic mass is 35.5. The molecule has 9 heteroatoms. The molecule has 3 unspecified atom stereocenters. The zero-order valence-corrected chi connectivity index (χ0v) is 20.2. The monoisotopic (exact) mass is 457 g/mol. The molecule has 1 saturated heterocycles. The molecular weight excluding hydrogens is 421 g/mol. The Bertz CT molecular complexity index is 664. The predicted molar refractivity (Wildman–Crippen MR) is 128 cm³/mol. The lowest BCUT2D eigenvalue weighted by molar-refractivity contribution is 0.206. The molecular formula is C21H37Cl2N7. The van der Waals surface area contributed by atoms with Crippen molar-refractivity contribution in [1.82, 2.24) is 14.9 Å². The van der Waals surface area contributed by atoms with Crippen LogP contribution in [0, 0.1) is 11.8 Å². The van der Waals surface area contributed by atoms with Crippen LogP contribution in [0.5, 0.6) is 0 Å². The van der Waals surface area contributed by atoms with Gasteiger partial charge in [0.05, 0.1) is 21.8 Å². The van der Waals surface area contributed by atoms with Gasteiger partial charge >= 0.3 is 0 Å². The van der Waals surface area contributed by atoms with Gasteiger partial charge in [0, 0.05) is 45.6 Å². The number of rotatable bonds is 6. The number of amidine groups is 1. The summed E-state index contributed by atoms with van der Waals surface area (Å²) in [5.74, 6) is 14.3. The lowest BCUT2D eigenvalue weighted by Crippen LogP contribution is -2.56. The Morgan fingerprint density at radius 1 is 1.20 bits per heavy atom. The minimum atomic E-state index is 0.116. The second-order valence-corrected chi connectivity index (χ2v) is 9.24. The Hall–Kier alpha value is -1.28. The lowest BCUT2D eigenvalue weighted by Gasteiger charge is -2.41. The fourth-order valence-corrected chi connectivity index (χ4v) is 4.36. The molecule has 0 amide bonds. The van der Waals surface area contributed by atoms with Gasteiger partial charge in [-0.15, -0.1) is 0 Å². The van der Waals surface area contributed by atoms with E-state index in [0.717, 1.165) is 63.0 Å². The van der Waals surface area contributed by atoms with Gasteiger partial charge in [0.1, 0.15) is 0 Å². The second kappa shape index (κ2) is 11.9. The molecule has 1 saturated carbocycles. The van der Waals surface area contributed by atoms with Crippen LogP contribution < -0.4 is 16.6 Å². The molecule has 1 aromatic heterocycles. The van der Waals surface area contributed by atoms with Crippen molar-refractivity contribution >= 4 is 34.7 Å². The molecule has 0 bridgehead atoms. The molecule has 4 N–H and O–H groups in total. The highest BCUT2D eigenvalue weighted by Gasteiger charge is 2.30. The number of hydrogen-bond donors (Lipinski definition) is 2. The van der Waals surface area contributed by atoms with Crippen LogP contribution in [0.1, 0.15) is 46.5 Å². The van der Waals surface area contributed by atoms with Crippen LogP contribution in [0.2, 0.25) is 10.0 Å². The van der Waals surface area contributed by atoms with Crippen LogP contribution in [0.4, 0.5) is 5.69 Å². The maximum Gasteiger partial charge on any atom is 0.155 e. The zero-order valence-electron chi connectivity index (χ0n) is 18.7. The molecule has 2 fully saturated rings. The summed E-state index contributed by atoms with van der Waals surface area (Å²) in [6, 6.07) is 0.116. The van der Waals surface area contributed by atoms with Crippen LogP contribution in [0.3, 0.4) is 0 Å². The number of pyridine rings is 1. The standard InChI is InChI=1S/C16H27Cl2N7.C5H10/c1-3-4-5-14(16(22-19)23(2)20)24-6-8-25(9-7-24)15-12(17)10-21-11-13(15)18;1-4-3-5(4)2/h10-11,14H,3-9,19-20H2,1-2H3;4-5H,3H2,1-2H3/b22-16-;.